The van der Waals surface area contributed by atoms with E-state index in [1.807, 2.05) is 6.92 Å². The van der Waals surface area contributed by atoms with Crippen molar-refractivity contribution < 1.29 is 0 Å². The first-order valence-electron chi connectivity index (χ1n) is 5.42. The van der Waals surface area contributed by atoms with Crippen LogP contribution in [0.3, 0.4) is 0 Å². The molecule has 0 amide bonds. The SMILES string of the molecule is CCC(CC)NCc1c(C)n[nH]c1C. The Labute approximate surface area is 86.3 Å². The number of rotatable bonds is 5. The number of aryl methyl sites for hydroxylation is 2. The van der Waals surface area contributed by atoms with Gasteiger partial charge in [0.1, 0.15) is 0 Å². The standard InChI is InChI=1S/C11H21N3/c1-5-10(6-2)12-7-11-8(3)13-14-9(11)4/h10,12H,5-7H2,1-4H3,(H,13,14). The van der Waals surface area contributed by atoms with Crippen molar-refractivity contribution in [2.45, 2.75) is 53.1 Å². The third kappa shape index (κ3) is 2.58. The Hall–Kier alpha value is -0.830. The Morgan fingerprint density at radius 3 is 2.36 bits per heavy atom. The summed E-state index contributed by atoms with van der Waals surface area (Å²) < 4.78 is 0. The van der Waals surface area contributed by atoms with Gasteiger partial charge in [-0.2, -0.15) is 5.10 Å². The summed E-state index contributed by atoms with van der Waals surface area (Å²) in [5.74, 6) is 0. The number of aromatic amines is 1. The summed E-state index contributed by atoms with van der Waals surface area (Å²) in [6.45, 7) is 9.49. The van der Waals surface area contributed by atoms with Crippen molar-refractivity contribution in [3.63, 3.8) is 0 Å². The molecule has 0 saturated heterocycles. The first-order valence-corrected chi connectivity index (χ1v) is 5.42. The zero-order valence-corrected chi connectivity index (χ0v) is 9.65. The van der Waals surface area contributed by atoms with E-state index < -0.39 is 0 Å². The summed E-state index contributed by atoms with van der Waals surface area (Å²) in [5.41, 5.74) is 3.61. The van der Waals surface area contributed by atoms with E-state index in [1.165, 1.54) is 24.1 Å². The van der Waals surface area contributed by atoms with E-state index in [0.717, 1.165) is 12.2 Å². The smallest absolute Gasteiger partial charge is 0.0638 e. The van der Waals surface area contributed by atoms with Crippen LogP contribution >= 0.6 is 0 Å². The van der Waals surface area contributed by atoms with Crippen molar-refractivity contribution in [3.8, 4) is 0 Å². The van der Waals surface area contributed by atoms with Gasteiger partial charge in [-0.05, 0) is 26.7 Å². The van der Waals surface area contributed by atoms with Gasteiger partial charge in [0, 0.05) is 23.8 Å². The molecule has 0 saturated carbocycles. The molecule has 3 heteroatoms. The molecule has 80 valence electrons. The van der Waals surface area contributed by atoms with E-state index in [4.69, 9.17) is 0 Å². The molecule has 0 aliphatic carbocycles. The highest BCUT2D eigenvalue weighted by Gasteiger charge is 2.08. The van der Waals surface area contributed by atoms with Crippen molar-refractivity contribution in [1.82, 2.24) is 15.5 Å². The lowest BCUT2D eigenvalue weighted by Gasteiger charge is -2.14. The summed E-state index contributed by atoms with van der Waals surface area (Å²) in [4.78, 5) is 0. The van der Waals surface area contributed by atoms with Crippen LogP contribution in [0.25, 0.3) is 0 Å². The molecular formula is C11H21N3. The molecule has 0 bridgehead atoms. The van der Waals surface area contributed by atoms with Gasteiger partial charge in [-0.25, -0.2) is 0 Å². The third-order valence-electron chi connectivity index (χ3n) is 2.83. The average Bonchev–Trinajstić information content (AvgIpc) is 2.50. The largest absolute Gasteiger partial charge is 0.310 e. The van der Waals surface area contributed by atoms with E-state index in [-0.39, 0.29) is 0 Å². The van der Waals surface area contributed by atoms with Gasteiger partial charge in [0.25, 0.3) is 0 Å². The Kier molecular flexibility index (Phi) is 4.14. The van der Waals surface area contributed by atoms with Crippen molar-refractivity contribution in [3.05, 3.63) is 17.0 Å². The molecular weight excluding hydrogens is 174 g/mol. The molecule has 0 atom stereocenters. The van der Waals surface area contributed by atoms with Gasteiger partial charge in [0.05, 0.1) is 5.69 Å². The van der Waals surface area contributed by atoms with Gasteiger partial charge in [-0.1, -0.05) is 13.8 Å². The second-order valence-corrected chi connectivity index (χ2v) is 3.81. The van der Waals surface area contributed by atoms with Crippen LogP contribution in [-0.4, -0.2) is 16.2 Å². The lowest BCUT2D eigenvalue weighted by molar-refractivity contribution is 0.483. The molecule has 0 aliphatic heterocycles. The number of H-pyrrole nitrogens is 1. The van der Waals surface area contributed by atoms with Crippen molar-refractivity contribution in [2.24, 2.45) is 0 Å². The molecule has 1 rings (SSSR count). The Bertz CT molecular complexity index is 255. The van der Waals surface area contributed by atoms with Gasteiger partial charge < -0.3 is 5.32 Å². The van der Waals surface area contributed by atoms with Gasteiger partial charge >= 0.3 is 0 Å². The van der Waals surface area contributed by atoms with Gasteiger partial charge in [0.15, 0.2) is 0 Å². The van der Waals surface area contributed by atoms with Crippen LogP contribution in [0, 0.1) is 13.8 Å². The summed E-state index contributed by atoms with van der Waals surface area (Å²) in [5, 5.41) is 10.7. The molecule has 14 heavy (non-hydrogen) atoms. The van der Waals surface area contributed by atoms with Gasteiger partial charge in [-0.15, -0.1) is 0 Å². The lowest BCUT2D eigenvalue weighted by atomic mass is 10.1. The zero-order valence-electron chi connectivity index (χ0n) is 9.65. The minimum Gasteiger partial charge on any atom is -0.310 e. The predicted molar refractivity (Wildman–Crippen MR) is 59.3 cm³/mol. The van der Waals surface area contributed by atoms with Crippen molar-refractivity contribution in [1.29, 1.82) is 0 Å². The Balaban J connectivity index is 2.52. The lowest BCUT2D eigenvalue weighted by Crippen LogP contribution is -2.27. The van der Waals surface area contributed by atoms with Crippen LogP contribution in [-0.2, 0) is 6.54 Å². The predicted octanol–water partition coefficient (Wildman–Crippen LogP) is 2.30. The molecule has 0 aliphatic rings. The van der Waals surface area contributed by atoms with Crippen LogP contribution < -0.4 is 5.32 Å². The Morgan fingerprint density at radius 1 is 1.29 bits per heavy atom. The topological polar surface area (TPSA) is 40.7 Å². The number of aromatic nitrogens is 2. The maximum Gasteiger partial charge on any atom is 0.0638 e. The normalized spacial score (nSPS) is 11.2. The van der Waals surface area contributed by atoms with Crippen LogP contribution in [0.15, 0.2) is 0 Å². The summed E-state index contributed by atoms with van der Waals surface area (Å²) in [6, 6.07) is 0.628. The highest BCUT2D eigenvalue weighted by atomic mass is 15.1. The number of hydrogen-bond donors (Lipinski definition) is 2. The van der Waals surface area contributed by atoms with Crippen LogP contribution in [0.1, 0.15) is 43.6 Å². The summed E-state index contributed by atoms with van der Waals surface area (Å²) in [6.07, 6.45) is 2.37. The summed E-state index contributed by atoms with van der Waals surface area (Å²) >= 11 is 0. The maximum absolute atomic E-state index is 4.18. The monoisotopic (exact) mass is 195 g/mol. The molecule has 1 aromatic heterocycles. The first-order chi connectivity index (χ1) is 6.69. The summed E-state index contributed by atoms with van der Waals surface area (Å²) in [7, 11) is 0. The van der Waals surface area contributed by atoms with E-state index in [0.29, 0.717) is 6.04 Å². The third-order valence-corrected chi connectivity index (χ3v) is 2.83. The molecule has 1 heterocycles. The highest BCUT2D eigenvalue weighted by Crippen LogP contribution is 2.09. The molecule has 0 radical (unpaired) electrons. The molecule has 0 unspecified atom stereocenters. The van der Waals surface area contributed by atoms with E-state index >= 15 is 0 Å². The quantitative estimate of drug-likeness (QED) is 0.757. The zero-order chi connectivity index (χ0) is 10.6. The van der Waals surface area contributed by atoms with Gasteiger partial charge in [-0.3, -0.25) is 5.10 Å². The number of hydrogen-bond acceptors (Lipinski definition) is 2. The fourth-order valence-electron chi connectivity index (χ4n) is 1.66. The molecule has 1 aromatic rings. The minimum atomic E-state index is 0.628. The highest BCUT2D eigenvalue weighted by molar-refractivity contribution is 5.22. The second-order valence-electron chi connectivity index (χ2n) is 3.81. The molecule has 0 aromatic carbocycles. The fraction of sp³-hybridized carbons (Fsp3) is 0.727. The molecule has 3 nitrogen and oxygen atoms in total. The number of nitrogens with zero attached hydrogens (tertiary/aromatic N) is 1. The first kappa shape index (κ1) is 11.2. The van der Waals surface area contributed by atoms with E-state index in [2.05, 4.69) is 36.3 Å². The van der Waals surface area contributed by atoms with Crippen LogP contribution in [0.5, 0.6) is 0 Å². The Morgan fingerprint density at radius 2 is 1.93 bits per heavy atom. The minimum absolute atomic E-state index is 0.628. The van der Waals surface area contributed by atoms with Crippen molar-refractivity contribution in [2.75, 3.05) is 0 Å². The fourth-order valence-corrected chi connectivity index (χ4v) is 1.66. The molecule has 0 fully saturated rings. The maximum atomic E-state index is 4.18. The van der Waals surface area contributed by atoms with Crippen LogP contribution in [0.2, 0.25) is 0 Å². The molecule has 2 N–H and O–H groups in total. The van der Waals surface area contributed by atoms with E-state index in [9.17, 15) is 0 Å². The van der Waals surface area contributed by atoms with E-state index in [1.54, 1.807) is 0 Å². The van der Waals surface area contributed by atoms with Gasteiger partial charge in [0.2, 0.25) is 0 Å². The second kappa shape index (κ2) is 5.15. The average molecular weight is 195 g/mol. The molecule has 0 spiro atoms. The van der Waals surface area contributed by atoms with Crippen molar-refractivity contribution >= 4 is 0 Å². The van der Waals surface area contributed by atoms with Crippen LogP contribution in [0.4, 0.5) is 0 Å². The number of nitrogens with one attached hydrogen (secondary N) is 2.